The highest BCUT2D eigenvalue weighted by Gasteiger charge is 2.01. The van der Waals surface area contributed by atoms with E-state index >= 15 is 0 Å². The molecule has 0 saturated carbocycles. The molecule has 1 aromatic heterocycles. The van der Waals surface area contributed by atoms with E-state index in [0.717, 1.165) is 13.1 Å². The lowest BCUT2D eigenvalue weighted by Gasteiger charge is -2.03. The lowest BCUT2D eigenvalue weighted by Crippen LogP contribution is -2.13. The zero-order valence-corrected chi connectivity index (χ0v) is 13.4. The molecule has 0 aromatic carbocycles. The van der Waals surface area contributed by atoms with Crippen LogP contribution in [-0.4, -0.2) is 6.54 Å². The Kier molecular flexibility index (Phi) is 8.15. The number of hydrogen-bond acceptors (Lipinski definition) is 2. The second-order valence-corrected chi connectivity index (χ2v) is 6.76. The number of rotatable bonds is 9. The molecule has 1 N–H and O–H groups in total. The van der Waals surface area contributed by atoms with Crippen LogP contribution < -0.4 is 5.32 Å². The molecule has 0 aliphatic carbocycles. The Morgan fingerprint density at radius 1 is 1.18 bits per heavy atom. The fraction of sp³-hybridized carbons (Fsp3) is 0.714. The van der Waals surface area contributed by atoms with Crippen LogP contribution in [0.25, 0.3) is 0 Å². The number of hydrogen-bond donors (Lipinski definition) is 1. The van der Waals surface area contributed by atoms with Crippen molar-refractivity contribution >= 4 is 27.3 Å². The molecule has 0 saturated heterocycles. The minimum atomic E-state index is 1.02. The first kappa shape index (κ1) is 15.2. The van der Waals surface area contributed by atoms with Gasteiger partial charge in [-0.15, -0.1) is 11.3 Å². The van der Waals surface area contributed by atoms with Crippen LogP contribution in [0, 0.1) is 6.92 Å². The van der Waals surface area contributed by atoms with Gasteiger partial charge < -0.3 is 5.32 Å². The van der Waals surface area contributed by atoms with E-state index in [1.807, 2.05) is 11.3 Å². The second kappa shape index (κ2) is 9.12. The first-order valence-electron chi connectivity index (χ1n) is 6.69. The summed E-state index contributed by atoms with van der Waals surface area (Å²) in [5, 5.41) is 3.52. The normalized spacial score (nSPS) is 11.0. The molecular weight excluding hydrogens is 294 g/mol. The van der Waals surface area contributed by atoms with Crippen molar-refractivity contribution in [2.24, 2.45) is 0 Å². The Balaban J connectivity index is 1.97. The fourth-order valence-electron chi connectivity index (χ4n) is 1.85. The van der Waals surface area contributed by atoms with Crippen LogP contribution >= 0.6 is 27.3 Å². The summed E-state index contributed by atoms with van der Waals surface area (Å²) in [6, 6.07) is 2.23. The average molecular weight is 318 g/mol. The molecule has 0 atom stereocenters. The molecule has 98 valence electrons. The molecule has 0 radical (unpaired) electrons. The molecule has 1 rings (SSSR count). The van der Waals surface area contributed by atoms with Gasteiger partial charge in [0.05, 0.1) is 0 Å². The summed E-state index contributed by atoms with van der Waals surface area (Å²) in [6.45, 7) is 6.60. The largest absolute Gasteiger partial charge is 0.312 e. The topological polar surface area (TPSA) is 12.0 Å². The zero-order valence-electron chi connectivity index (χ0n) is 11.0. The summed E-state index contributed by atoms with van der Waals surface area (Å²) >= 11 is 5.44. The highest BCUT2D eigenvalue weighted by molar-refractivity contribution is 9.10. The van der Waals surface area contributed by atoms with Crippen LogP contribution in [-0.2, 0) is 6.54 Å². The summed E-state index contributed by atoms with van der Waals surface area (Å²) in [5.41, 5.74) is 0. The van der Waals surface area contributed by atoms with E-state index in [0.29, 0.717) is 0 Å². The standard InChI is InChI=1S/C14H24BrNS/c1-3-4-5-6-7-8-9-16-11-13-10-14(15)12(2)17-13/h10,16H,3-9,11H2,1-2H3. The first-order valence-corrected chi connectivity index (χ1v) is 8.30. The second-order valence-electron chi connectivity index (χ2n) is 4.56. The predicted octanol–water partition coefficient (Wildman–Crippen LogP) is 5.27. The van der Waals surface area contributed by atoms with Gasteiger partial charge in [0.15, 0.2) is 0 Å². The third kappa shape index (κ3) is 6.58. The smallest absolute Gasteiger partial charge is 0.0314 e. The quantitative estimate of drug-likeness (QED) is 0.612. The number of halogens is 1. The number of thiophene rings is 1. The predicted molar refractivity (Wildman–Crippen MR) is 81.8 cm³/mol. The van der Waals surface area contributed by atoms with Crippen molar-refractivity contribution in [3.63, 3.8) is 0 Å². The van der Waals surface area contributed by atoms with E-state index < -0.39 is 0 Å². The van der Waals surface area contributed by atoms with Crippen LogP contribution in [0.4, 0.5) is 0 Å². The van der Waals surface area contributed by atoms with Gasteiger partial charge in [-0.3, -0.25) is 0 Å². The molecule has 0 amide bonds. The summed E-state index contributed by atoms with van der Waals surface area (Å²) in [5.74, 6) is 0. The maximum absolute atomic E-state index is 3.56. The van der Waals surface area contributed by atoms with E-state index in [1.165, 1.54) is 52.8 Å². The lowest BCUT2D eigenvalue weighted by atomic mass is 10.1. The van der Waals surface area contributed by atoms with Crippen LogP contribution in [0.1, 0.15) is 55.2 Å². The monoisotopic (exact) mass is 317 g/mol. The number of unbranched alkanes of at least 4 members (excludes halogenated alkanes) is 5. The number of aryl methyl sites for hydroxylation is 1. The first-order chi connectivity index (χ1) is 8.24. The van der Waals surface area contributed by atoms with Crippen molar-refractivity contribution in [3.05, 3.63) is 20.3 Å². The van der Waals surface area contributed by atoms with E-state index in [4.69, 9.17) is 0 Å². The molecule has 1 nitrogen and oxygen atoms in total. The van der Waals surface area contributed by atoms with Crippen molar-refractivity contribution in [3.8, 4) is 0 Å². The van der Waals surface area contributed by atoms with Crippen molar-refractivity contribution < 1.29 is 0 Å². The van der Waals surface area contributed by atoms with Crippen LogP contribution in [0.3, 0.4) is 0 Å². The van der Waals surface area contributed by atoms with Crippen molar-refractivity contribution in [2.75, 3.05) is 6.54 Å². The molecule has 0 bridgehead atoms. The van der Waals surface area contributed by atoms with E-state index in [1.54, 1.807) is 0 Å². The van der Waals surface area contributed by atoms with E-state index in [-0.39, 0.29) is 0 Å². The lowest BCUT2D eigenvalue weighted by molar-refractivity contribution is 0.573. The van der Waals surface area contributed by atoms with Crippen LogP contribution in [0.5, 0.6) is 0 Å². The van der Waals surface area contributed by atoms with Crippen molar-refractivity contribution in [1.29, 1.82) is 0 Å². The molecule has 0 unspecified atom stereocenters. The van der Waals surface area contributed by atoms with Gasteiger partial charge in [-0.1, -0.05) is 39.0 Å². The molecule has 0 fully saturated rings. The van der Waals surface area contributed by atoms with Gasteiger partial charge in [-0.25, -0.2) is 0 Å². The molecule has 1 heterocycles. The van der Waals surface area contributed by atoms with Gasteiger partial charge >= 0.3 is 0 Å². The molecular formula is C14H24BrNS. The van der Waals surface area contributed by atoms with Gasteiger partial charge in [0, 0.05) is 20.8 Å². The van der Waals surface area contributed by atoms with E-state index in [9.17, 15) is 0 Å². The molecule has 0 aliphatic heterocycles. The Bertz CT molecular complexity index is 290. The summed E-state index contributed by atoms with van der Waals surface area (Å²) in [4.78, 5) is 2.81. The molecule has 0 spiro atoms. The van der Waals surface area contributed by atoms with Crippen LogP contribution in [0.15, 0.2) is 10.5 Å². The van der Waals surface area contributed by atoms with Gasteiger partial charge in [0.25, 0.3) is 0 Å². The maximum Gasteiger partial charge on any atom is 0.0314 e. The SMILES string of the molecule is CCCCCCCCNCc1cc(Br)c(C)s1. The Hall–Kier alpha value is 0.140. The Morgan fingerprint density at radius 3 is 2.53 bits per heavy atom. The third-order valence-electron chi connectivity index (χ3n) is 2.91. The molecule has 0 aliphatic rings. The minimum Gasteiger partial charge on any atom is -0.312 e. The van der Waals surface area contributed by atoms with E-state index in [2.05, 4.69) is 41.2 Å². The summed E-state index contributed by atoms with van der Waals surface area (Å²) in [7, 11) is 0. The average Bonchev–Trinajstić information content (AvgIpc) is 2.62. The maximum atomic E-state index is 3.56. The Labute approximate surface area is 118 Å². The van der Waals surface area contributed by atoms with Crippen molar-refractivity contribution in [1.82, 2.24) is 5.32 Å². The highest BCUT2D eigenvalue weighted by Crippen LogP contribution is 2.26. The van der Waals surface area contributed by atoms with Gasteiger partial charge in [0.2, 0.25) is 0 Å². The fourth-order valence-corrected chi connectivity index (χ4v) is 3.42. The number of nitrogens with one attached hydrogen (secondary N) is 1. The molecule has 17 heavy (non-hydrogen) atoms. The summed E-state index contributed by atoms with van der Waals surface area (Å²) in [6.07, 6.45) is 8.24. The zero-order chi connectivity index (χ0) is 12.5. The summed E-state index contributed by atoms with van der Waals surface area (Å²) < 4.78 is 1.25. The molecule has 3 heteroatoms. The highest BCUT2D eigenvalue weighted by atomic mass is 79.9. The van der Waals surface area contributed by atoms with Gasteiger partial charge in [-0.05, 0) is 41.9 Å². The van der Waals surface area contributed by atoms with Gasteiger partial charge in [0.1, 0.15) is 0 Å². The minimum absolute atomic E-state index is 1.02. The molecule has 1 aromatic rings. The van der Waals surface area contributed by atoms with Gasteiger partial charge in [-0.2, -0.15) is 0 Å². The van der Waals surface area contributed by atoms with Crippen LogP contribution in [0.2, 0.25) is 0 Å². The Morgan fingerprint density at radius 2 is 1.88 bits per heavy atom. The van der Waals surface area contributed by atoms with Crippen molar-refractivity contribution in [2.45, 2.75) is 58.9 Å². The third-order valence-corrected chi connectivity index (χ3v) is 5.05.